The van der Waals surface area contributed by atoms with Crippen molar-refractivity contribution >= 4 is 34.0 Å². The van der Waals surface area contributed by atoms with Gasteiger partial charge in [-0.25, -0.2) is 5.10 Å². The number of hydrogen-bond acceptors (Lipinski definition) is 4. The first-order valence-corrected chi connectivity index (χ1v) is 8.75. The molecule has 26 heavy (non-hydrogen) atoms. The number of carbonyl (C=O) groups is 1. The Morgan fingerprint density at radius 2 is 1.92 bits per heavy atom. The molecule has 3 aromatic rings. The number of unbranched alkanes of at least 4 members (excludes halogenated alkanes) is 1. The van der Waals surface area contributed by atoms with E-state index in [1.807, 2.05) is 12.1 Å². The molecule has 0 saturated heterocycles. The molecule has 1 aromatic heterocycles. The van der Waals surface area contributed by atoms with Gasteiger partial charge < -0.3 is 11.1 Å². The second-order valence-electron chi connectivity index (χ2n) is 5.94. The van der Waals surface area contributed by atoms with Crippen molar-refractivity contribution in [1.29, 1.82) is 0 Å². The molecule has 0 aliphatic rings. The third-order valence-corrected chi connectivity index (χ3v) is 4.40. The third-order valence-electron chi connectivity index (χ3n) is 4.07. The van der Waals surface area contributed by atoms with E-state index in [4.69, 9.17) is 17.3 Å². The van der Waals surface area contributed by atoms with Crippen molar-refractivity contribution in [1.82, 2.24) is 10.2 Å². The smallest absolute Gasteiger partial charge is 0.272 e. The summed E-state index contributed by atoms with van der Waals surface area (Å²) in [6.45, 7) is 0.564. The molecule has 1 amide bonds. The summed E-state index contributed by atoms with van der Waals surface area (Å²) < 4.78 is 0. The minimum Gasteiger partial charge on any atom is -0.330 e. The van der Waals surface area contributed by atoms with Crippen LogP contribution in [-0.2, 0) is 4.79 Å². The molecule has 4 N–H and O–H groups in total. The Bertz CT molecular complexity index is 1000. The molecule has 2 aromatic carbocycles. The molecule has 6 nitrogen and oxygen atoms in total. The van der Waals surface area contributed by atoms with Gasteiger partial charge in [0.1, 0.15) is 0 Å². The van der Waals surface area contributed by atoms with Crippen molar-refractivity contribution in [2.75, 3.05) is 11.9 Å². The van der Waals surface area contributed by atoms with Crippen molar-refractivity contribution in [3.8, 4) is 11.3 Å². The molecule has 1 heterocycles. The number of nitrogens with two attached hydrogens (primary N) is 1. The van der Waals surface area contributed by atoms with Gasteiger partial charge in [0.05, 0.1) is 21.8 Å². The van der Waals surface area contributed by atoms with Crippen LogP contribution >= 0.6 is 11.6 Å². The van der Waals surface area contributed by atoms with E-state index in [0.717, 1.165) is 23.8 Å². The lowest BCUT2D eigenvalue weighted by Crippen LogP contribution is -2.12. The van der Waals surface area contributed by atoms with Gasteiger partial charge in [-0.15, -0.1) is 0 Å². The van der Waals surface area contributed by atoms with Crippen LogP contribution in [-0.4, -0.2) is 22.6 Å². The maximum atomic E-state index is 12.1. The van der Waals surface area contributed by atoms with Crippen molar-refractivity contribution in [2.45, 2.75) is 19.3 Å². The number of H-pyrrole nitrogens is 1. The van der Waals surface area contributed by atoms with Gasteiger partial charge >= 0.3 is 0 Å². The molecule has 0 saturated carbocycles. The number of nitrogens with one attached hydrogen (secondary N) is 2. The van der Waals surface area contributed by atoms with Gasteiger partial charge in [0.15, 0.2) is 0 Å². The van der Waals surface area contributed by atoms with E-state index in [-0.39, 0.29) is 11.5 Å². The van der Waals surface area contributed by atoms with E-state index in [1.54, 1.807) is 30.3 Å². The lowest BCUT2D eigenvalue weighted by Gasteiger charge is -2.10. The molecule has 0 spiro atoms. The van der Waals surface area contributed by atoms with Crippen LogP contribution < -0.4 is 16.6 Å². The largest absolute Gasteiger partial charge is 0.330 e. The van der Waals surface area contributed by atoms with Gasteiger partial charge in [-0.1, -0.05) is 35.9 Å². The maximum absolute atomic E-state index is 12.1. The summed E-state index contributed by atoms with van der Waals surface area (Å²) in [5.41, 5.74) is 7.09. The number of rotatable bonds is 6. The summed E-state index contributed by atoms with van der Waals surface area (Å²) in [6, 6.07) is 12.5. The predicted octanol–water partition coefficient (Wildman–Crippen LogP) is 3.31. The Hall–Kier alpha value is -2.70. The number of amides is 1. The maximum Gasteiger partial charge on any atom is 0.272 e. The average Bonchev–Trinajstić information content (AvgIpc) is 2.64. The summed E-state index contributed by atoms with van der Waals surface area (Å²) in [4.78, 5) is 24.0. The van der Waals surface area contributed by atoms with Gasteiger partial charge in [0, 0.05) is 17.4 Å². The molecule has 7 heteroatoms. The predicted molar refractivity (Wildman–Crippen MR) is 104 cm³/mol. The van der Waals surface area contributed by atoms with E-state index < -0.39 is 0 Å². The fraction of sp³-hybridized carbons (Fsp3) is 0.211. The van der Waals surface area contributed by atoms with Crippen LogP contribution in [0.4, 0.5) is 5.69 Å². The first-order chi connectivity index (χ1) is 12.6. The summed E-state index contributed by atoms with van der Waals surface area (Å²) in [5, 5.41) is 11.3. The fourth-order valence-electron chi connectivity index (χ4n) is 2.75. The monoisotopic (exact) mass is 370 g/mol. The molecule has 0 aliphatic carbocycles. The van der Waals surface area contributed by atoms with Gasteiger partial charge in [-0.2, -0.15) is 5.10 Å². The summed E-state index contributed by atoms with van der Waals surface area (Å²) in [6.07, 6.45) is 1.91. The van der Waals surface area contributed by atoms with Gasteiger partial charge in [-0.05, 0) is 37.6 Å². The molecule has 0 bridgehead atoms. The Morgan fingerprint density at radius 1 is 1.15 bits per heavy atom. The van der Waals surface area contributed by atoms with Crippen LogP contribution in [0.2, 0.25) is 5.02 Å². The van der Waals surface area contributed by atoms with Crippen molar-refractivity contribution in [2.24, 2.45) is 5.73 Å². The van der Waals surface area contributed by atoms with E-state index >= 15 is 0 Å². The number of carbonyl (C=O) groups excluding carboxylic acids is 1. The van der Waals surface area contributed by atoms with Gasteiger partial charge in [0.2, 0.25) is 5.91 Å². The van der Waals surface area contributed by atoms with Crippen molar-refractivity contribution in [3.63, 3.8) is 0 Å². The minimum absolute atomic E-state index is 0.114. The van der Waals surface area contributed by atoms with Crippen LogP contribution in [0, 0.1) is 0 Å². The third kappa shape index (κ3) is 3.92. The zero-order valence-corrected chi connectivity index (χ0v) is 14.8. The molecule has 3 rings (SSSR count). The minimum atomic E-state index is -0.244. The second kappa shape index (κ2) is 8.12. The molecule has 134 valence electrons. The van der Waals surface area contributed by atoms with Crippen molar-refractivity contribution in [3.05, 3.63) is 57.8 Å². The highest BCUT2D eigenvalue weighted by Crippen LogP contribution is 2.30. The standard InChI is InChI=1S/C19H19ClN4O2/c20-15-9-8-12(11-16(15)22-17(25)7-3-4-10-21)18-13-5-1-2-6-14(13)19(26)24-23-18/h1-2,5-6,8-9,11H,3-4,7,10,21H2,(H,22,25)(H,24,26). The molecular formula is C19H19ClN4O2. The van der Waals surface area contributed by atoms with E-state index in [0.29, 0.717) is 34.8 Å². The van der Waals surface area contributed by atoms with Crippen LogP contribution in [0.15, 0.2) is 47.3 Å². The van der Waals surface area contributed by atoms with E-state index in [1.165, 1.54) is 0 Å². The zero-order valence-electron chi connectivity index (χ0n) is 14.1. The Kier molecular flexibility index (Phi) is 5.65. The molecular weight excluding hydrogens is 352 g/mol. The second-order valence-corrected chi connectivity index (χ2v) is 6.34. The van der Waals surface area contributed by atoms with Gasteiger partial charge in [0.25, 0.3) is 5.56 Å². The average molecular weight is 371 g/mol. The number of aromatic amines is 1. The number of halogens is 1. The van der Waals surface area contributed by atoms with Crippen LogP contribution in [0.5, 0.6) is 0 Å². The Balaban J connectivity index is 1.94. The highest BCUT2D eigenvalue weighted by molar-refractivity contribution is 6.33. The van der Waals surface area contributed by atoms with Crippen molar-refractivity contribution < 1.29 is 4.79 Å². The molecule has 0 aliphatic heterocycles. The molecule has 0 fully saturated rings. The number of fused-ring (bicyclic) bond motifs is 1. The summed E-state index contributed by atoms with van der Waals surface area (Å²) in [7, 11) is 0. The molecule has 0 unspecified atom stereocenters. The highest BCUT2D eigenvalue weighted by atomic mass is 35.5. The fourth-order valence-corrected chi connectivity index (χ4v) is 2.91. The first kappa shape index (κ1) is 18.1. The normalized spacial score (nSPS) is 10.8. The molecule has 0 atom stereocenters. The van der Waals surface area contributed by atoms with Crippen LogP contribution in [0.1, 0.15) is 19.3 Å². The molecule has 0 radical (unpaired) electrons. The quantitative estimate of drug-likeness (QED) is 0.579. The lowest BCUT2D eigenvalue weighted by molar-refractivity contribution is -0.116. The topological polar surface area (TPSA) is 101 Å². The zero-order chi connectivity index (χ0) is 18.5. The Morgan fingerprint density at radius 3 is 2.69 bits per heavy atom. The number of nitrogens with zero attached hydrogens (tertiary/aromatic N) is 1. The number of aromatic nitrogens is 2. The lowest BCUT2D eigenvalue weighted by atomic mass is 10.0. The number of anilines is 1. The van der Waals surface area contributed by atoms with Crippen LogP contribution in [0.25, 0.3) is 22.0 Å². The summed E-state index contributed by atoms with van der Waals surface area (Å²) >= 11 is 6.22. The summed E-state index contributed by atoms with van der Waals surface area (Å²) in [5.74, 6) is -0.114. The van der Waals surface area contributed by atoms with E-state index in [2.05, 4.69) is 15.5 Å². The number of hydrogen-bond donors (Lipinski definition) is 3. The highest BCUT2D eigenvalue weighted by Gasteiger charge is 2.12. The van der Waals surface area contributed by atoms with Crippen LogP contribution in [0.3, 0.4) is 0 Å². The number of benzene rings is 2. The SMILES string of the molecule is NCCCCC(=O)Nc1cc(-c2n[nH]c(=O)c3ccccc23)ccc1Cl. The van der Waals surface area contributed by atoms with Gasteiger partial charge in [-0.3, -0.25) is 9.59 Å². The first-order valence-electron chi connectivity index (χ1n) is 8.37. The Labute approximate surface area is 155 Å². The van der Waals surface area contributed by atoms with E-state index in [9.17, 15) is 9.59 Å².